The van der Waals surface area contributed by atoms with Gasteiger partial charge in [-0.25, -0.2) is 4.90 Å². The number of piperazine rings is 1. The Morgan fingerprint density at radius 3 is 2.10 bits per heavy atom. The molecule has 0 spiro atoms. The van der Waals surface area contributed by atoms with Crippen molar-refractivity contribution in [2.24, 2.45) is 11.8 Å². The first-order valence-corrected chi connectivity index (χ1v) is 10.5. The zero-order valence-corrected chi connectivity index (χ0v) is 16.4. The van der Waals surface area contributed by atoms with Gasteiger partial charge in [-0.3, -0.25) is 9.59 Å². The molecule has 0 unspecified atom stereocenters. The van der Waals surface area contributed by atoms with Gasteiger partial charge in [-0.05, 0) is 25.0 Å². The van der Waals surface area contributed by atoms with Gasteiger partial charge in [0.15, 0.2) is 6.67 Å². The first kappa shape index (κ1) is 20.3. The summed E-state index contributed by atoms with van der Waals surface area (Å²) in [6.45, 7) is 4.23. The number of fused-ring (bicyclic) bond motifs is 1. The third-order valence-corrected chi connectivity index (χ3v) is 6.69. The number of quaternary nitrogens is 2. The van der Waals surface area contributed by atoms with Crippen molar-refractivity contribution in [3.05, 3.63) is 35.4 Å². The van der Waals surface area contributed by atoms with Crippen LogP contribution in [-0.2, 0) is 22.3 Å². The molecular formula is C21H28F3N3O2+2. The summed E-state index contributed by atoms with van der Waals surface area (Å²) in [7, 11) is 0. The van der Waals surface area contributed by atoms with Crippen LogP contribution < -0.4 is 9.80 Å². The monoisotopic (exact) mass is 411 g/mol. The maximum absolute atomic E-state index is 12.9. The van der Waals surface area contributed by atoms with Crippen molar-refractivity contribution in [3.63, 3.8) is 0 Å². The molecule has 2 atom stereocenters. The van der Waals surface area contributed by atoms with Crippen molar-refractivity contribution in [2.75, 3.05) is 32.8 Å². The summed E-state index contributed by atoms with van der Waals surface area (Å²) >= 11 is 0. The number of likely N-dealkylation sites (tertiary alicyclic amines) is 1. The predicted octanol–water partition coefficient (Wildman–Crippen LogP) is 0.122. The molecule has 1 aromatic rings. The van der Waals surface area contributed by atoms with E-state index in [9.17, 15) is 22.8 Å². The van der Waals surface area contributed by atoms with Gasteiger partial charge in [0.2, 0.25) is 11.8 Å². The highest BCUT2D eigenvalue weighted by atomic mass is 19.4. The zero-order chi connectivity index (χ0) is 20.6. The molecule has 2 N–H and O–H groups in total. The lowest BCUT2D eigenvalue weighted by molar-refractivity contribution is -1.02. The summed E-state index contributed by atoms with van der Waals surface area (Å²) in [5, 5.41) is 0. The molecule has 29 heavy (non-hydrogen) atoms. The van der Waals surface area contributed by atoms with Crippen molar-refractivity contribution in [1.29, 1.82) is 0 Å². The summed E-state index contributed by atoms with van der Waals surface area (Å²) in [5.74, 6) is -0.205. The number of rotatable bonds is 4. The Morgan fingerprint density at radius 2 is 1.52 bits per heavy atom. The number of nitrogens with one attached hydrogen (secondary N) is 2. The van der Waals surface area contributed by atoms with Crippen LogP contribution in [0.2, 0.25) is 0 Å². The molecule has 2 aliphatic heterocycles. The molecule has 2 saturated heterocycles. The van der Waals surface area contributed by atoms with Crippen LogP contribution >= 0.6 is 0 Å². The minimum absolute atomic E-state index is 0.00550. The molecule has 158 valence electrons. The van der Waals surface area contributed by atoms with Crippen LogP contribution in [0.3, 0.4) is 0 Å². The molecule has 3 fully saturated rings. The number of hydrogen-bond donors (Lipinski definition) is 2. The van der Waals surface area contributed by atoms with Gasteiger partial charge in [0.25, 0.3) is 0 Å². The van der Waals surface area contributed by atoms with Crippen molar-refractivity contribution in [2.45, 2.75) is 38.4 Å². The lowest BCUT2D eigenvalue weighted by atomic mass is 9.81. The maximum atomic E-state index is 12.9. The minimum atomic E-state index is -4.32. The molecule has 8 heteroatoms. The van der Waals surface area contributed by atoms with E-state index in [0.29, 0.717) is 18.8 Å². The van der Waals surface area contributed by atoms with Crippen LogP contribution in [0, 0.1) is 11.8 Å². The van der Waals surface area contributed by atoms with Crippen molar-refractivity contribution in [1.82, 2.24) is 4.90 Å². The number of hydrogen-bond acceptors (Lipinski definition) is 2. The van der Waals surface area contributed by atoms with Gasteiger partial charge in [-0.15, -0.1) is 0 Å². The van der Waals surface area contributed by atoms with E-state index in [2.05, 4.69) is 0 Å². The van der Waals surface area contributed by atoms with E-state index in [1.54, 1.807) is 6.07 Å². The van der Waals surface area contributed by atoms with Crippen LogP contribution in [0.15, 0.2) is 24.3 Å². The first-order valence-electron chi connectivity index (χ1n) is 10.5. The quantitative estimate of drug-likeness (QED) is 0.692. The standard InChI is InChI=1S/C21H26F3N3O2/c22-21(23,24)16-5-3-4-15(12-16)13-25-8-10-26(11-9-25)14-27-19(28)17-6-1-2-7-18(17)20(27)29/h3-5,12,17-18H,1-2,6-11,13-14H2/p+2/t17-,18-/m1/s1. The summed E-state index contributed by atoms with van der Waals surface area (Å²) in [6, 6.07) is 5.53. The molecule has 1 aromatic carbocycles. The summed E-state index contributed by atoms with van der Waals surface area (Å²) in [6.07, 6.45) is -0.608. The molecule has 0 aromatic heterocycles. The molecule has 2 amide bonds. The van der Waals surface area contributed by atoms with Crippen LogP contribution in [0.4, 0.5) is 13.2 Å². The van der Waals surface area contributed by atoms with E-state index in [0.717, 1.165) is 57.9 Å². The number of alkyl halides is 3. The molecule has 1 aliphatic carbocycles. The third kappa shape index (κ3) is 4.33. The smallest absolute Gasteiger partial charge is 0.322 e. The van der Waals surface area contributed by atoms with Gasteiger partial charge in [0.05, 0.1) is 17.4 Å². The van der Waals surface area contributed by atoms with E-state index >= 15 is 0 Å². The molecule has 3 aliphatic rings. The zero-order valence-electron chi connectivity index (χ0n) is 16.4. The molecule has 0 radical (unpaired) electrons. The van der Waals surface area contributed by atoms with Gasteiger partial charge < -0.3 is 9.80 Å². The molecular weight excluding hydrogens is 383 g/mol. The van der Waals surface area contributed by atoms with Crippen LogP contribution in [-0.4, -0.2) is 49.6 Å². The van der Waals surface area contributed by atoms with E-state index in [4.69, 9.17) is 0 Å². The number of imide groups is 1. The number of nitrogens with zero attached hydrogens (tertiary/aromatic N) is 1. The minimum Gasteiger partial charge on any atom is -0.322 e. The number of benzene rings is 1. The van der Waals surface area contributed by atoms with Gasteiger partial charge in [-0.1, -0.05) is 25.0 Å². The topological polar surface area (TPSA) is 46.3 Å². The fourth-order valence-corrected chi connectivity index (χ4v) is 5.05. The van der Waals surface area contributed by atoms with Crippen LogP contribution in [0.5, 0.6) is 0 Å². The Bertz CT molecular complexity index is 751. The van der Waals surface area contributed by atoms with Gasteiger partial charge >= 0.3 is 6.18 Å². The largest absolute Gasteiger partial charge is 0.416 e. The molecule has 1 saturated carbocycles. The second-order valence-corrected chi connectivity index (χ2v) is 8.63. The van der Waals surface area contributed by atoms with E-state index in [1.807, 2.05) is 0 Å². The summed E-state index contributed by atoms with van der Waals surface area (Å²) < 4.78 is 38.7. The normalized spacial score (nSPS) is 30.5. The van der Waals surface area contributed by atoms with Gasteiger partial charge in [0.1, 0.15) is 32.7 Å². The number of amides is 2. The molecule has 4 rings (SSSR count). The third-order valence-electron chi connectivity index (χ3n) is 6.69. The summed E-state index contributed by atoms with van der Waals surface area (Å²) in [5.41, 5.74) is 0.0819. The molecule has 5 nitrogen and oxygen atoms in total. The van der Waals surface area contributed by atoms with Gasteiger partial charge in [-0.2, -0.15) is 13.2 Å². The highest BCUT2D eigenvalue weighted by Gasteiger charge is 2.49. The lowest BCUT2D eigenvalue weighted by Crippen LogP contribution is -3.28. The van der Waals surface area contributed by atoms with Gasteiger partial charge in [0, 0.05) is 5.56 Å². The SMILES string of the molecule is O=C1[C@@H]2CCCC[C@H]2C(=O)N1C[NH+]1CC[NH+](Cc2cccc(C(F)(F)F)c2)CC1. The van der Waals surface area contributed by atoms with E-state index < -0.39 is 11.7 Å². The number of halogens is 3. The Kier molecular flexibility index (Phi) is 5.66. The Hall–Kier alpha value is -1.93. The number of carbonyl (C=O) groups is 2. The maximum Gasteiger partial charge on any atom is 0.416 e. The highest BCUT2D eigenvalue weighted by Crippen LogP contribution is 2.37. The van der Waals surface area contributed by atoms with Crippen molar-refractivity contribution in [3.8, 4) is 0 Å². The lowest BCUT2D eigenvalue weighted by Gasteiger charge is -2.31. The molecule has 2 heterocycles. The predicted molar refractivity (Wildman–Crippen MR) is 98.7 cm³/mol. The van der Waals surface area contributed by atoms with Crippen LogP contribution in [0.1, 0.15) is 36.8 Å². The fraction of sp³-hybridized carbons (Fsp3) is 0.619. The Balaban J connectivity index is 1.30. The second-order valence-electron chi connectivity index (χ2n) is 8.63. The fourth-order valence-electron chi connectivity index (χ4n) is 5.05. The molecule has 0 bridgehead atoms. The Morgan fingerprint density at radius 1 is 0.931 bits per heavy atom. The highest BCUT2D eigenvalue weighted by molar-refractivity contribution is 6.05. The van der Waals surface area contributed by atoms with Crippen molar-refractivity contribution < 1.29 is 32.6 Å². The summed E-state index contributed by atoms with van der Waals surface area (Å²) in [4.78, 5) is 29.2. The van der Waals surface area contributed by atoms with E-state index in [-0.39, 0.29) is 23.7 Å². The first-order chi connectivity index (χ1) is 13.8. The second kappa shape index (κ2) is 8.07. The van der Waals surface area contributed by atoms with Crippen molar-refractivity contribution >= 4 is 11.8 Å². The Labute approximate surface area is 168 Å². The van der Waals surface area contributed by atoms with Crippen LogP contribution in [0.25, 0.3) is 0 Å². The average Bonchev–Trinajstić information content (AvgIpc) is 2.94. The van der Waals surface area contributed by atoms with E-state index in [1.165, 1.54) is 26.8 Å². The average molecular weight is 411 g/mol. The number of carbonyl (C=O) groups excluding carboxylic acids is 2.